The number of hydrogen-bond acceptors (Lipinski definition) is 2. The molecule has 2 aromatic carbocycles. The first-order valence-electron chi connectivity index (χ1n) is 11.9. The van der Waals surface area contributed by atoms with Crippen LogP contribution in [0.4, 0.5) is 5.69 Å². The van der Waals surface area contributed by atoms with E-state index in [2.05, 4.69) is 68.6 Å². The van der Waals surface area contributed by atoms with Crippen molar-refractivity contribution < 1.29 is 4.42 Å². The Hall–Kier alpha value is -1.96. The molecule has 2 heteroatoms. The third-order valence-electron chi connectivity index (χ3n) is 9.19. The lowest BCUT2D eigenvalue weighted by atomic mass is 9.44. The van der Waals surface area contributed by atoms with Crippen molar-refractivity contribution in [3.63, 3.8) is 0 Å². The predicted octanol–water partition coefficient (Wildman–Crippen LogP) is 7.36. The Morgan fingerprint density at radius 3 is 2.33 bits per heavy atom. The molecule has 4 bridgehead atoms. The largest absolute Gasteiger partial charge is 0.454 e. The van der Waals surface area contributed by atoms with Crippen LogP contribution >= 0.6 is 0 Å². The van der Waals surface area contributed by atoms with Gasteiger partial charge in [0.15, 0.2) is 5.58 Å². The Kier molecular flexibility index (Phi) is 3.32. The lowest BCUT2D eigenvalue weighted by Gasteiger charge is -2.60. The maximum Gasteiger partial charge on any atom is 0.159 e. The van der Waals surface area contributed by atoms with Gasteiger partial charge >= 0.3 is 0 Å². The first-order chi connectivity index (χ1) is 14.4. The van der Waals surface area contributed by atoms with Crippen molar-refractivity contribution in [3.8, 4) is 0 Å². The topological polar surface area (TPSA) is 16.4 Å². The first kappa shape index (κ1) is 17.7. The molecule has 5 aliphatic rings. The summed E-state index contributed by atoms with van der Waals surface area (Å²) < 4.78 is 6.48. The van der Waals surface area contributed by atoms with E-state index in [1.165, 1.54) is 60.5 Å². The summed E-state index contributed by atoms with van der Waals surface area (Å²) in [5, 5.41) is 2.45. The van der Waals surface area contributed by atoms with Gasteiger partial charge in [-0.2, -0.15) is 0 Å². The number of fused-ring (bicyclic) bond motifs is 3. The first-order valence-corrected chi connectivity index (χ1v) is 11.9. The molecule has 0 unspecified atom stereocenters. The molecule has 2 nitrogen and oxygen atoms in total. The van der Waals surface area contributed by atoms with Crippen molar-refractivity contribution in [1.29, 1.82) is 0 Å². The third kappa shape index (κ3) is 2.16. The van der Waals surface area contributed by atoms with Crippen molar-refractivity contribution >= 4 is 27.6 Å². The summed E-state index contributed by atoms with van der Waals surface area (Å²) in [6, 6.07) is 13.0. The minimum atomic E-state index is 0.0629. The summed E-state index contributed by atoms with van der Waals surface area (Å²) in [4.78, 5) is 2.52. The molecule has 1 aliphatic heterocycles. The second kappa shape index (κ2) is 5.64. The normalized spacial score (nSPS) is 36.6. The van der Waals surface area contributed by atoms with Crippen LogP contribution < -0.4 is 4.90 Å². The maximum absolute atomic E-state index is 6.48. The van der Waals surface area contributed by atoms with Crippen LogP contribution in [0, 0.1) is 42.6 Å². The Morgan fingerprint density at radius 2 is 1.60 bits per heavy atom. The fourth-order valence-corrected chi connectivity index (χ4v) is 8.20. The van der Waals surface area contributed by atoms with Gasteiger partial charge in [0, 0.05) is 21.7 Å². The van der Waals surface area contributed by atoms with E-state index >= 15 is 0 Å². The van der Waals surface area contributed by atoms with E-state index in [9.17, 15) is 0 Å². The zero-order chi connectivity index (χ0) is 20.3. The van der Waals surface area contributed by atoms with Crippen molar-refractivity contribution in [3.05, 3.63) is 48.5 Å². The van der Waals surface area contributed by atoms with Crippen molar-refractivity contribution in [2.24, 2.45) is 29.1 Å². The molecule has 3 aromatic rings. The molecule has 1 spiro atoms. The second-order valence-electron chi connectivity index (χ2n) is 11.5. The van der Waals surface area contributed by atoms with Gasteiger partial charge in [-0.15, -0.1) is 0 Å². The number of benzene rings is 2. The van der Waals surface area contributed by atoms with Gasteiger partial charge in [-0.3, -0.25) is 0 Å². The van der Waals surface area contributed by atoms with Gasteiger partial charge in [-0.1, -0.05) is 30.3 Å². The monoisotopic (exact) mass is 397 g/mol. The third-order valence-corrected chi connectivity index (χ3v) is 9.19. The van der Waals surface area contributed by atoms with Gasteiger partial charge in [0.2, 0.25) is 0 Å². The molecule has 30 heavy (non-hydrogen) atoms. The summed E-state index contributed by atoms with van der Waals surface area (Å²) in [6.07, 6.45) is 8.52. The van der Waals surface area contributed by atoms with Crippen molar-refractivity contribution in [2.75, 3.05) is 4.90 Å². The van der Waals surface area contributed by atoms with Crippen molar-refractivity contribution in [1.82, 2.24) is 0 Å². The van der Waals surface area contributed by atoms with Crippen LogP contribution in [0.2, 0.25) is 0 Å². The lowest BCUT2D eigenvalue weighted by Crippen LogP contribution is -2.52. The maximum atomic E-state index is 6.48. The highest BCUT2D eigenvalue weighted by Gasteiger charge is 2.63. The number of anilines is 1. The Balaban J connectivity index is 1.39. The van der Waals surface area contributed by atoms with Gasteiger partial charge in [0.05, 0.1) is 12.2 Å². The minimum absolute atomic E-state index is 0.0629. The van der Waals surface area contributed by atoms with E-state index in [1.807, 2.05) is 0 Å². The zero-order valence-corrected chi connectivity index (χ0v) is 18.4. The smallest absolute Gasteiger partial charge is 0.159 e. The number of aryl methyl sites for hydroxylation is 1. The van der Waals surface area contributed by atoms with Crippen LogP contribution in [0.1, 0.15) is 57.9 Å². The molecule has 8 rings (SSSR count). The average molecular weight is 398 g/mol. The fraction of sp³-hybridized carbons (Fsp3) is 0.536. The lowest BCUT2D eigenvalue weighted by molar-refractivity contribution is -0.0887. The fourth-order valence-electron chi connectivity index (χ4n) is 8.20. The molecule has 0 atom stereocenters. The van der Waals surface area contributed by atoms with E-state index in [-0.39, 0.29) is 11.0 Å². The molecule has 2 radical (unpaired) electrons. The number of furan rings is 1. The quantitative estimate of drug-likeness (QED) is 0.426. The summed E-state index contributed by atoms with van der Waals surface area (Å²) >= 11 is 0. The van der Waals surface area contributed by atoms with Gasteiger partial charge < -0.3 is 9.32 Å². The van der Waals surface area contributed by atoms with E-state index in [0.717, 1.165) is 34.8 Å². The van der Waals surface area contributed by atoms with Crippen LogP contribution in [-0.2, 0) is 0 Å². The van der Waals surface area contributed by atoms with Crippen LogP contribution in [0.5, 0.6) is 0 Å². The number of para-hydroxylation sites is 1. The highest BCUT2D eigenvalue weighted by atomic mass is 16.3. The molecule has 4 saturated carbocycles. The van der Waals surface area contributed by atoms with E-state index in [1.54, 1.807) is 0 Å². The van der Waals surface area contributed by atoms with Crippen LogP contribution in [0.25, 0.3) is 21.9 Å². The van der Waals surface area contributed by atoms with Gasteiger partial charge in [-0.25, -0.2) is 0 Å². The second-order valence-corrected chi connectivity index (χ2v) is 11.5. The van der Waals surface area contributed by atoms with E-state index < -0.39 is 0 Å². The number of hydrogen-bond donors (Lipinski definition) is 0. The van der Waals surface area contributed by atoms with E-state index in [4.69, 9.17) is 4.42 Å². The van der Waals surface area contributed by atoms with Crippen LogP contribution in [0.3, 0.4) is 0 Å². The number of nitrogens with zero attached hydrogens (tertiary/aromatic N) is 1. The summed E-state index contributed by atoms with van der Waals surface area (Å²) in [6.45, 7) is 11.3. The average Bonchev–Trinajstić information content (AvgIpc) is 3.21. The zero-order valence-electron chi connectivity index (χ0n) is 18.4. The van der Waals surface area contributed by atoms with Gasteiger partial charge in [-0.05, 0) is 94.6 Å². The molecule has 0 amide bonds. The molecule has 5 fully saturated rings. The molecule has 2 heterocycles. The van der Waals surface area contributed by atoms with Gasteiger partial charge in [0.1, 0.15) is 5.58 Å². The van der Waals surface area contributed by atoms with Crippen LogP contribution in [0.15, 0.2) is 40.8 Å². The number of rotatable bonds is 1. The molecule has 1 saturated heterocycles. The van der Waals surface area contributed by atoms with E-state index in [0.29, 0.717) is 0 Å². The predicted molar refractivity (Wildman–Crippen MR) is 122 cm³/mol. The van der Waals surface area contributed by atoms with Crippen molar-refractivity contribution in [2.45, 2.75) is 64.8 Å². The summed E-state index contributed by atoms with van der Waals surface area (Å²) in [5.41, 5.74) is 4.91. The van der Waals surface area contributed by atoms with Crippen LogP contribution in [-0.4, -0.2) is 5.54 Å². The molecular formula is C28H31NO. The SMILES string of the molecule is Cc1ccc2c(oc3ccccc32)c1N1[C]C2(CC1(C)C)C1CC3CC(C1)CC2C3. The Morgan fingerprint density at radius 1 is 0.900 bits per heavy atom. The highest BCUT2D eigenvalue weighted by molar-refractivity contribution is 6.09. The summed E-state index contributed by atoms with van der Waals surface area (Å²) in [5.74, 6) is 3.68. The highest BCUT2D eigenvalue weighted by Crippen LogP contribution is 2.69. The molecule has 154 valence electrons. The molecule has 4 aliphatic carbocycles. The Labute approximate surface area is 179 Å². The standard InChI is InChI=1S/C28H31NO/c1-17-8-9-23-22-6-4-5-7-24(22)30-26(23)25(17)29-16-28(15-27(29,2)3)20-11-18-10-19(13-20)14-21(28)12-18/h4-9,18-21H,10-15H2,1-3H3. The minimum Gasteiger partial charge on any atom is -0.454 e. The molecular weight excluding hydrogens is 366 g/mol. The molecule has 1 aromatic heterocycles. The summed E-state index contributed by atoms with van der Waals surface area (Å²) in [7, 11) is 0. The Bertz CT molecular complexity index is 1140. The van der Waals surface area contributed by atoms with Gasteiger partial charge in [0.25, 0.3) is 0 Å². The molecule has 0 N–H and O–H groups in total.